The van der Waals surface area contributed by atoms with Crippen LogP contribution in [0.2, 0.25) is 0 Å². The first-order valence-electron chi connectivity index (χ1n) is 2.94. The monoisotopic (exact) mass is 255 g/mol. The van der Waals surface area contributed by atoms with Crippen molar-refractivity contribution in [1.82, 2.24) is 0 Å². The first-order valence-corrected chi connectivity index (χ1v) is 2.94. The maximum atomic E-state index is 3.60. The van der Waals surface area contributed by atoms with E-state index < -0.39 is 0 Å². The number of hydrogen-bond donors (Lipinski definition) is 0. The summed E-state index contributed by atoms with van der Waals surface area (Å²) in [5, 5.41) is 0. The standard InChI is InChI=1S/C9H9.BrH.Ni/c1-2-6-9-7-4-3-5-8-9;;/h2-8H,1H2;1H;/q-1;;. The Morgan fingerprint density at radius 1 is 1.09 bits per heavy atom. The molecule has 11 heavy (non-hydrogen) atoms. The van der Waals surface area contributed by atoms with Gasteiger partial charge in [-0.3, -0.25) is 0 Å². The van der Waals surface area contributed by atoms with E-state index in [9.17, 15) is 0 Å². The maximum absolute atomic E-state index is 3.60. The third-order valence-electron chi connectivity index (χ3n) is 1.11. The third kappa shape index (κ3) is 5.11. The second-order valence-electron chi connectivity index (χ2n) is 1.81. The van der Waals surface area contributed by atoms with Gasteiger partial charge in [0.25, 0.3) is 0 Å². The Morgan fingerprint density at radius 3 is 2.09 bits per heavy atom. The average molecular weight is 257 g/mol. The van der Waals surface area contributed by atoms with E-state index in [0.717, 1.165) is 0 Å². The zero-order valence-corrected chi connectivity index (χ0v) is 8.67. The van der Waals surface area contributed by atoms with Crippen molar-refractivity contribution in [3.05, 3.63) is 48.9 Å². The summed E-state index contributed by atoms with van der Waals surface area (Å²) >= 11 is 0. The fraction of sp³-hybridized carbons (Fsp3) is 0. The van der Waals surface area contributed by atoms with Crippen molar-refractivity contribution in [1.29, 1.82) is 0 Å². The van der Waals surface area contributed by atoms with E-state index in [1.807, 2.05) is 36.4 Å². The van der Waals surface area contributed by atoms with Crippen LogP contribution in [0.15, 0.2) is 36.4 Å². The van der Waals surface area contributed by atoms with Gasteiger partial charge >= 0.3 is 0 Å². The van der Waals surface area contributed by atoms with Crippen LogP contribution in [0.3, 0.4) is 0 Å². The summed E-state index contributed by atoms with van der Waals surface area (Å²) in [4.78, 5) is 0. The summed E-state index contributed by atoms with van der Waals surface area (Å²) in [5.74, 6) is 0. The number of benzene rings is 1. The van der Waals surface area contributed by atoms with E-state index in [-0.39, 0.29) is 33.5 Å². The van der Waals surface area contributed by atoms with Crippen LogP contribution in [0.5, 0.6) is 0 Å². The van der Waals surface area contributed by atoms with Gasteiger partial charge in [0.2, 0.25) is 0 Å². The Morgan fingerprint density at radius 2 is 1.64 bits per heavy atom. The van der Waals surface area contributed by atoms with E-state index in [1.54, 1.807) is 6.08 Å². The van der Waals surface area contributed by atoms with Crippen molar-refractivity contribution < 1.29 is 16.5 Å². The second kappa shape index (κ2) is 7.91. The molecule has 0 unspecified atom stereocenters. The average Bonchev–Trinajstić information content (AvgIpc) is 1.91. The van der Waals surface area contributed by atoms with Crippen LogP contribution in [0, 0.1) is 6.92 Å². The van der Waals surface area contributed by atoms with E-state index in [0.29, 0.717) is 0 Å². The molecule has 0 aromatic heterocycles. The number of rotatable bonds is 1. The van der Waals surface area contributed by atoms with Gasteiger partial charge in [0.15, 0.2) is 0 Å². The van der Waals surface area contributed by atoms with E-state index in [4.69, 9.17) is 0 Å². The van der Waals surface area contributed by atoms with E-state index in [1.165, 1.54) is 5.56 Å². The molecule has 0 heterocycles. The molecule has 0 spiro atoms. The zero-order chi connectivity index (χ0) is 6.53. The molecule has 0 aliphatic heterocycles. The first-order chi connectivity index (χ1) is 4.43. The molecule has 1 aromatic carbocycles. The second-order valence-corrected chi connectivity index (χ2v) is 1.81. The molecule has 0 fully saturated rings. The Balaban J connectivity index is 0. The third-order valence-corrected chi connectivity index (χ3v) is 1.11. The fourth-order valence-electron chi connectivity index (χ4n) is 0.700. The van der Waals surface area contributed by atoms with E-state index >= 15 is 0 Å². The minimum Gasteiger partial charge on any atom is -0.245 e. The van der Waals surface area contributed by atoms with Crippen molar-refractivity contribution in [2.45, 2.75) is 0 Å². The van der Waals surface area contributed by atoms with Gasteiger partial charge in [-0.1, -0.05) is 30.3 Å². The van der Waals surface area contributed by atoms with Gasteiger partial charge in [0, 0.05) is 16.5 Å². The van der Waals surface area contributed by atoms with Crippen molar-refractivity contribution in [3.63, 3.8) is 0 Å². The Labute approximate surface area is 88.4 Å². The van der Waals surface area contributed by atoms with Crippen LogP contribution in [0.25, 0.3) is 6.08 Å². The van der Waals surface area contributed by atoms with Gasteiger partial charge < -0.3 is 0 Å². The normalized spacial score (nSPS) is 8.36. The maximum Gasteiger partial charge on any atom is 0 e. The molecule has 1 rings (SSSR count). The molecule has 2 heteroatoms. The molecule has 0 N–H and O–H groups in total. The van der Waals surface area contributed by atoms with Gasteiger partial charge in [-0.05, 0) is 0 Å². The summed E-state index contributed by atoms with van der Waals surface area (Å²) in [5.41, 5.74) is 1.20. The van der Waals surface area contributed by atoms with Crippen molar-refractivity contribution in [2.75, 3.05) is 0 Å². The molecule has 64 valence electrons. The summed E-state index contributed by atoms with van der Waals surface area (Å²) in [7, 11) is 0. The Bertz CT molecular complexity index is 194. The van der Waals surface area contributed by atoms with E-state index in [2.05, 4.69) is 6.92 Å². The SMILES string of the molecule is Br.[CH2-]C=Cc1ccccc1.[Ni]. The molecule has 0 aliphatic carbocycles. The number of hydrogen-bond acceptors (Lipinski definition) is 0. The smallest absolute Gasteiger partial charge is 0 e. The van der Waals surface area contributed by atoms with Gasteiger partial charge in [-0.25, -0.2) is 19.1 Å². The molecule has 0 saturated carbocycles. The molecule has 0 aliphatic rings. The van der Waals surface area contributed by atoms with Crippen LogP contribution in [0.4, 0.5) is 0 Å². The first kappa shape index (κ1) is 13.4. The van der Waals surface area contributed by atoms with Gasteiger partial charge in [-0.15, -0.1) is 22.5 Å². The quantitative estimate of drug-likeness (QED) is 0.535. The summed E-state index contributed by atoms with van der Waals surface area (Å²) in [6.07, 6.45) is 3.76. The molecule has 0 atom stereocenters. The predicted octanol–water partition coefficient (Wildman–Crippen LogP) is 3.11. The molecular formula is C9H10BrNi-. The minimum absolute atomic E-state index is 0. The number of halogens is 1. The van der Waals surface area contributed by atoms with Crippen molar-refractivity contribution in [3.8, 4) is 0 Å². The largest absolute Gasteiger partial charge is 0.245 e. The molecule has 0 nitrogen and oxygen atoms in total. The minimum atomic E-state index is 0. The summed E-state index contributed by atoms with van der Waals surface area (Å²) < 4.78 is 0. The van der Waals surface area contributed by atoms with Crippen LogP contribution in [-0.2, 0) is 16.5 Å². The molecular weight excluding hydrogens is 247 g/mol. The zero-order valence-electron chi connectivity index (χ0n) is 5.97. The molecule has 1 aromatic rings. The Kier molecular flexibility index (Phi) is 9.63. The Hall–Kier alpha value is -0.196. The van der Waals surface area contributed by atoms with Crippen LogP contribution >= 0.6 is 17.0 Å². The van der Waals surface area contributed by atoms with Gasteiger partial charge in [-0.2, -0.15) is 0 Å². The summed E-state index contributed by atoms with van der Waals surface area (Å²) in [6.45, 7) is 3.60. The molecule has 0 bridgehead atoms. The predicted molar refractivity (Wildman–Crippen MR) is 51.2 cm³/mol. The van der Waals surface area contributed by atoms with Crippen LogP contribution < -0.4 is 0 Å². The van der Waals surface area contributed by atoms with Crippen LogP contribution in [-0.4, -0.2) is 0 Å². The molecule has 0 radical (unpaired) electrons. The molecule has 0 amide bonds. The van der Waals surface area contributed by atoms with Gasteiger partial charge in [0.1, 0.15) is 0 Å². The van der Waals surface area contributed by atoms with Crippen LogP contribution in [0.1, 0.15) is 5.56 Å². The van der Waals surface area contributed by atoms with Gasteiger partial charge in [0.05, 0.1) is 0 Å². The molecule has 0 saturated heterocycles. The van der Waals surface area contributed by atoms with Crippen molar-refractivity contribution >= 4 is 23.1 Å². The fourth-order valence-corrected chi connectivity index (χ4v) is 0.700. The topological polar surface area (TPSA) is 0 Å². The summed E-state index contributed by atoms with van der Waals surface area (Å²) in [6, 6.07) is 10.1. The number of allylic oxidation sites excluding steroid dienone is 1. The van der Waals surface area contributed by atoms with Crippen molar-refractivity contribution in [2.24, 2.45) is 0 Å².